The molecule has 0 spiro atoms. The minimum atomic E-state index is -0.231. The zero-order chi connectivity index (χ0) is 12.0. The van der Waals surface area contributed by atoms with Crippen LogP contribution in [0.3, 0.4) is 0 Å². The summed E-state index contributed by atoms with van der Waals surface area (Å²) < 4.78 is 18.5. The van der Waals surface area contributed by atoms with Crippen LogP contribution in [0, 0.1) is 5.82 Å². The maximum Gasteiger partial charge on any atom is 0.125 e. The van der Waals surface area contributed by atoms with Crippen LogP contribution in [0.1, 0.15) is 6.92 Å². The molecule has 0 saturated carbocycles. The first-order valence-electron chi connectivity index (χ1n) is 5.45. The Morgan fingerprint density at radius 3 is 2.81 bits per heavy atom. The van der Waals surface area contributed by atoms with E-state index in [0.29, 0.717) is 19.7 Å². The largest absolute Gasteiger partial charge is 0.375 e. The third kappa shape index (κ3) is 3.79. The number of anilines is 1. The quantitative estimate of drug-likeness (QED) is 0.801. The predicted molar refractivity (Wildman–Crippen MR) is 64.1 cm³/mol. The molecule has 0 amide bonds. The molecule has 0 radical (unpaired) electrons. The smallest absolute Gasteiger partial charge is 0.125 e. The zero-order valence-electron chi connectivity index (χ0n) is 9.82. The third-order valence-electron chi connectivity index (χ3n) is 2.39. The highest BCUT2D eigenvalue weighted by molar-refractivity contribution is 5.45. The standard InChI is InChI=1S/C12H19FN2O/c1-3-16-12(8-14)9-15(2)11-6-4-5-10(13)7-11/h4-7,12H,3,8-9,14H2,1-2H3. The molecular formula is C12H19FN2O. The summed E-state index contributed by atoms with van der Waals surface area (Å²) in [7, 11) is 1.90. The van der Waals surface area contributed by atoms with Crippen LogP contribution in [0.15, 0.2) is 24.3 Å². The van der Waals surface area contributed by atoms with Crippen molar-refractivity contribution in [2.45, 2.75) is 13.0 Å². The fourth-order valence-corrected chi connectivity index (χ4v) is 1.56. The summed E-state index contributed by atoms with van der Waals surface area (Å²) in [5.41, 5.74) is 6.42. The lowest BCUT2D eigenvalue weighted by atomic mass is 10.2. The van der Waals surface area contributed by atoms with Crippen molar-refractivity contribution < 1.29 is 9.13 Å². The van der Waals surface area contributed by atoms with Crippen molar-refractivity contribution in [3.8, 4) is 0 Å². The summed E-state index contributed by atoms with van der Waals surface area (Å²) in [6.45, 7) is 3.70. The van der Waals surface area contributed by atoms with Crippen molar-refractivity contribution >= 4 is 5.69 Å². The van der Waals surface area contributed by atoms with Crippen molar-refractivity contribution in [2.75, 3.05) is 31.6 Å². The first-order chi connectivity index (χ1) is 7.67. The number of halogens is 1. The summed E-state index contributed by atoms with van der Waals surface area (Å²) in [6, 6.07) is 6.49. The average Bonchev–Trinajstić information content (AvgIpc) is 2.28. The van der Waals surface area contributed by atoms with E-state index in [1.807, 2.05) is 24.9 Å². The lowest BCUT2D eigenvalue weighted by molar-refractivity contribution is 0.0745. The Labute approximate surface area is 96.0 Å². The molecule has 2 N–H and O–H groups in total. The Hall–Kier alpha value is -1.13. The van der Waals surface area contributed by atoms with Gasteiger partial charge >= 0.3 is 0 Å². The fraction of sp³-hybridized carbons (Fsp3) is 0.500. The zero-order valence-corrected chi connectivity index (χ0v) is 9.82. The molecule has 90 valence electrons. The van der Waals surface area contributed by atoms with Crippen LogP contribution >= 0.6 is 0 Å². The molecule has 16 heavy (non-hydrogen) atoms. The van der Waals surface area contributed by atoms with Crippen LogP contribution in [-0.2, 0) is 4.74 Å². The Balaban J connectivity index is 2.60. The SMILES string of the molecule is CCOC(CN)CN(C)c1cccc(F)c1. The molecule has 1 unspecified atom stereocenters. The van der Waals surface area contributed by atoms with E-state index < -0.39 is 0 Å². The second-order valence-electron chi connectivity index (χ2n) is 3.67. The van der Waals surface area contributed by atoms with E-state index in [1.54, 1.807) is 6.07 Å². The van der Waals surface area contributed by atoms with Gasteiger partial charge in [-0.05, 0) is 25.1 Å². The molecule has 0 fully saturated rings. The van der Waals surface area contributed by atoms with E-state index in [1.165, 1.54) is 12.1 Å². The fourth-order valence-electron chi connectivity index (χ4n) is 1.56. The minimum absolute atomic E-state index is 0.0155. The first-order valence-corrected chi connectivity index (χ1v) is 5.45. The van der Waals surface area contributed by atoms with E-state index in [9.17, 15) is 4.39 Å². The van der Waals surface area contributed by atoms with Gasteiger partial charge in [-0.1, -0.05) is 6.07 Å². The molecule has 0 aliphatic carbocycles. The van der Waals surface area contributed by atoms with Crippen molar-refractivity contribution in [3.63, 3.8) is 0 Å². The molecule has 0 aromatic heterocycles. The van der Waals surface area contributed by atoms with Crippen LogP contribution in [-0.4, -0.2) is 32.8 Å². The highest BCUT2D eigenvalue weighted by atomic mass is 19.1. The molecule has 0 saturated heterocycles. The number of benzene rings is 1. The Morgan fingerprint density at radius 1 is 1.50 bits per heavy atom. The van der Waals surface area contributed by atoms with Gasteiger partial charge in [0.25, 0.3) is 0 Å². The Bertz CT molecular complexity index is 320. The van der Waals surface area contributed by atoms with Crippen molar-refractivity contribution in [3.05, 3.63) is 30.1 Å². The summed E-state index contributed by atoms with van der Waals surface area (Å²) in [5, 5.41) is 0. The molecule has 1 aromatic rings. The molecule has 0 bridgehead atoms. The van der Waals surface area contributed by atoms with E-state index in [-0.39, 0.29) is 11.9 Å². The number of nitrogens with two attached hydrogens (primary N) is 1. The van der Waals surface area contributed by atoms with Gasteiger partial charge in [0.05, 0.1) is 6.10 Å². The molecule has 3 nitrogen and oxygen atoms in total. The van der Waals surface area contributed by atoms with Crippen LogP contribution in [0.5, 0.6) is 0 Å². The highest BCUT2D eigenvalue weighted by Gasteiger charge is 2.10. The first kappa shape index (κ1) is 12.9. The summed E-state index contributed by atoms with van der Waals surface area (Å²) in [5.74, 6) is -0.231. The molecule has 1 rings (SSSR count). The summed E-state index contributed by atoms with van der Waals surface area (Å²) in [6.07, 6.45) is -0.0155. The van der Waals surface area contributed by atoms with Crippen LogP contribution in [0.4, 0.5) is 10.1 Å². The molecule has 4 heteroatoms. The predicted octanol–water partition coefficient (Wildman–Crippen LogP) is 1.63. The van der Waals surface area contributed by atoms with Gasteiger partial charge in [0, 0.05) is 32.4 Å². The van der Waals surface area contributed by atoms with Gasteiger partial charge in [-0.15, -0.1) is 0 Å². The Morgan fingerprint density at radius 2 is 2.25 bits per heavy atom. The molecule has 1 aromatic carbocycles. The molecule has 1 atom stereocenters. The van der Waals surface area contributed by atoms with Crippen LogP contribution in [0.25, 0.3) is 0 Å². The molecule has 0 aliphatic heterocycles. The van der Waals surface area contributed by atoms with Crippen molar-refractivity contribution in [2.24, 2.45) is 5.73 Å². The monoisotopic (exact) mass is 226 g/mol. The number of hydrogen-bond acceptors (Lipinski definition) is 3. The Kier molecular flexibility index (Phi) is 5.22. The second kappa shape index (κ2) is 6.45. The molecular weight excluding hydrogens is 207 g/mol. The maximum absolute atomic E-state index is 13.0. The van der Waals surface area contributed by atoms with E-state index in [0.717, 1.165) is 5.69 Å². The minimum Gasteiger partial charge on any atom is -0.375 e. The van der Waals surface area contributed by atoms with Crippen molar-refractivity contribution in [1.82, 2.24) is 0 Å². The highest BCUT2D eigenvalue weighted by Crippen LogP contribution is 2.14. The van der Waals surface area contributed by atoms with Crippen LogP contribution in [0.2, 0.25) is 0 Å². The lowest BCUT2D eigenvalue weighted by Gasteiger charge is -2.24. The van der Waals surface area contributed by atoms with Gasteiger partial charge in [0.1, 0.15) is 5.82 Å². The van der Waals surface area contributed by atoms with Crippen molar-refractivity contribution in [1.29, 1.82) is 0 Å². The third-order valence-corrected chi connectivity index (χ3v) is 2.39. The summed E-state index contributed by atoms with van der Waals surface area (Å²) >= 11 is 0. The van der Waals surface area contributed by atoms with Crippen LogP contribution < -0.4 is 10.6 Å². The normalized spacial score (nSPS) is 12.5. The van der Waals surface area contributed by atoms with E-state index in [2.05, 4.69) is 0 Å². The van der Waals surface area contributed by atoms with Gasteiger partial charge < -0.3 is 15.4 Å². The van der Waals surface area contributed by atoms with Gasteiger partial charge in [0.2, 0.25) is 0 Å². The van der Waals surface area contributed by atoms with Gasteiger partial charge in [-0.3, -0.25) is 0 Å². The number of hydrogen-bond donors (Lipinski definition) is 1. The van der Waals surface area contributed by atoms with Gasteiger partial charge in [0.15, 0.2) is 0 Å². The number of ether oxygens (including phenoxy) is 1. The second-order valence-corrected chi connectivity index (χ2v) is 3.67. The number of rotatable bonds is 6. The van der Waals surface area contributed by atoms with E-state index in [4.69, 9.17) is 10.5 Å². The molecule has 0 heterocycles. The average molecular weight is 226 g/mol. The topological polar surface area (TPSA) is 38.5 Å². The number of likely N-dealkylation sites (N-methyl/N-ethyl adjacent to an activating group) is 1. The number of nitrogens with zero attached hydrogens (tertiary/aromatic N) is 1. The van der Waals surface area contributed by atoms with Gasteiger partial charge in [-0.2, -0.15) is 0 Å². The van der Waals surface area contributed by atoms with Gasteiger partial charge in [-0.25, -0.2) is 4.39 Å². The molecule has 0 aliphatic rings. The summed E-state index contributed by atoms with van der Waals surface area (Å²) in [4.78, 5) is 1.94. The van der Waals surface area contributed by atoms with E-state index >= 15 is 0 Å². The lowest BCUT2D eigenvalue weighted by Crippen LogP contribution is -2.36. The maximum atomic E-state index is 13.0.